The summed E-state index contributed by atoms with van der Waals surface area (Å²) in [5.41, 5.74) is 2.28. The maximum absolute atomic E-state index is 12.6. The van der Waals surface area contributed by atoms with Gasteiger partial charge in [-0.25, -0.2) is 9.97 Å². The number of carbonyl (C=O) groups excluding carboxylic acids is 1. The molecule has 0 saturated carbocycles. The summed E-state index contributed by atoms with van der Waals surface area (Å²) >= 11 is 1.67. The van der Waals surface area contributed by atoms with E-state index >= 15 is 0 Å². The van der Waals surface area contributed by atoms with Crippen LogP contribution in [0.25, 0.3) is 10.2 Å². The fourth-order valence-electron chi connectivity index (χ4n) is 4.46. The van der Waals surface area contributed by atoms with Crippen LogP contribution in [0.5, 0.6) is 0 Å². The average Bonchev–Trinajstić information content (AvgIpc) is 3.31. The number of aromatic nitrogens is 3. The van der Waals surface area contributed by atoms with Crippen molar-refractivity contribution in [3.8, 4) is 0 Å². The number of thiophene rings is 1. The zero-order valence-corrected chi connectivity index (χ0v) is 17.8. The summed E-state index contributed by atoms with van der Waals surface area (Å²) in [6.07, 6.45) is 6.53. The van der Waals surface area contributed by atoms with Gasteiger partial charge in [0.2, 0.25) is 5.91 Å². The van der Waals surface area contributed by atoms with Gasteiger partial charge in [-0.05, 0) is 69.3 Å². The fraction of sp³-hybridized carbons (Fsp3) is 0.455. The Morgan fingerprint density at radius 1 is 1.30 bits per heavy atom. The van der Waals surface area contributed by atoms with Crippen molar-refractivity contribution in [1.82, 2.24) is 19.9 Å². The number of hydrogen-bond donors (Lipinski definition) is 2. The van der Waals surface area contributed by atoms with Gasteiger partial charge in [-0.3, -0.25) is 14.5 Å². The molecule has 0 unspecified atom stereocenters. The van der Waals surface area contributed by atoms with E-state index in [4.69, 9.17) is 4.98 Å². The Bertz CT molecular complexity index is 1140. The average molecular weight is 424 g/mol. The number of fused-ring (bicyclic) bond motifs is 3. The molecule has 1 aliphatic heterocycles. The highest BCUT2D eigenvalue weighted by atomic mass is 32.1. The van der Waals surface area contributed by atoms with Crippen molar-refractivity contribution in [1.29, 1.82) is 0 Å². The molecule has 3 aromatic rings. The lowest BCUT2D eigenvalue weighted by Gasteiger charge is -2.30. The van der Waals surface area contributed by atoms with Crippen LogP contribution in [0.15, 0.2) is 23.1 Å². The van der Waals surface area contributed by atoms with Crippen molar-refractivity contribution >= 4 is 33.3 Å². The number of likely N-dealkylation sites (tertiary alicyclic amines) is 1. The Hall–Kier alpha value is -2.58. The van der Waals surface area contributed by atoms with Crippen molar-refractivity contribution in [3.05, 3.63) is 50.5 Å². The van der Waals surface area contributed by atoms with Gasteiger partial charge >= 0.3 is 0 Å². The summed E-state index contributed by atoms with van der Waals surface area (Å²) in [4.78, 5) is 41.6. The fourth-order valence-corrected chi connectivity index (χ4v) is 5.74. The van der Waals surface area contributed by atoms with E-state index in [2.05, 4.69) is 20.2 Å². The van der Waals surface area contributed by atoms with Gasteiger partial charge in [0.15, 0.2) is 0 Å². The van der Waals surface area contributed by atoms with E-state index in [1.165, 1.54) is 10.4 Å². The molecule has 2 aliphatic rings. The first-order valence-electron chi connectivity index (χ1n) is 10.6. The molecular formula is C22H25N5O2S. The number of amides is 1. The number of anilines is 1. The predicted molar refractivity (Wildman–Crippen MR) is 118 cm³/mol. The van der Waals surface area contributed by atoms with Crippen molar-refractivity contribution in [3.63, 3.8) is 0 Å². The van der Waals surface area contributed by atoms with Crippen LogP contribution >= 0.6 is 11.3 Å². The summed E-state index contributed by atoms with van der Waals surface area (Å²) in [6.45, 7) is 4.20. The number of nitrogens with zero attached hydrogens (tertiary/aromatic N) is 3. The second-order valence-electron chi connectivity index (χ2n) is 8.31. The van der Waals surface area contributed by atoms with Gasteiger partial charge in [-0.1, -0.05) is 6.07 Å². The molecule has 0 radical (unpaired) electrons. The molecule has 156 valence electrons. The number of nitrogens with one attached hydrogen (secondary N) is 2. The topological polar surface area (TPSA) is 91.0 Å². The molecule has 4 heterocycles. The Morgan fingerprint density at radius 3 is 2.90 bits per heavy atom. The SMILES string of the molecule is Cc1ccc(NC(=O)C2CCN(Cc3nc4sc5c(c4c(=O)[nH]3)CCC5)CC2)nc1. The van der Waals surface area contributed by atoms with Crippen LogP contribution in [0.2, 0.25) is 0 Å². The number of rotatable bonds is 4. The standard InChI is InChI=1S/C22H25N5O2S/c1-13-5-6-17(23-11-13)24-20(28)14-7-9-27(10-8-14)12-18-25-21(29)19-15-3-2-4-16(15)30-22(19)26-18/h5-6,11,14H,2-4,7-10,12H2,1H3,(H,23,24,28)(H,25,26,29). The van der Waals surface area contributed by atoms with Crippen LogP contribution in [0.3, 0.4) is 0 Å². The van der Waals surface area contributed by atoms with E-state index in [0.717, 1.165) is 66.8 Å². The first kappa shape index (κ1) is 19.4. The Labute approximate surface area is 178 Å². The Kier molecular flexibility index (Phi) is 5.12. The van der Waals surface area contributed by atoms with E-state index in [-0.39, 0.29) is 17.4 Å². The summed E-state index contributed by atoms with van der Waals surface area (Å²) in [5.74, 6) is 1.34. The third kappa shape index (κ3) is 3.77. The molecule has 30 heavy (non-hydrogen) atoms. The molecule has 0 bridgehead atoms. The van der Waals surface area contributed by atoms with E-state index in [9.17, 15) is 9.59 Å². The minimum absolute atomic E-state index is 0.00531. The zero-order chi connectivity index (χ0) is 20.7. The lowest BCUT2D eigenvalue weighted by atomic mass is 9.96. The monoisotopic (exact) mass is 423 g/mol. The number of hydrogen-bond acceptors (Lipinski definition) is 6. The number of carbonyl (C=O) groups is 1. The van der Waals surface area contributed by atoms with Crippen LogP contribution < -0.4 is 10.9 Å². The van der Waals surface area contributed by atoms with E-state index in [1.54, 1.807) is 17.5 Å². The first-order chi connectivity index (χ1) is 14.6. The maximum Gasteiger partial charge on any atom is 0.259 e. The molecule has 1 amide bonds. The second kappa shape index (κ2) is 7.92. The number of pyridine rings is 1. The summed E-state index contributed by atoms with van der Waals surface area (Å²) < 4.78 is 0. The summed E-state index contributed by atoms with van der Waals surface area (Å²) in [7, 11) is 0. The molecule has 0 aromatic carbocycles. The second-order valence-corrected chi connectivity index (χ2v) is 9.39. The largest absolute Gasteiger partial charge is 0.310 e. The number of aromatic amines is 1. The Morgan fingerprint density at radius 2 is 2.13 bits per heavy atom. The molecular weight excluding hydrogens is 398 g/mol. The Balaban J connectivity index is 1.20. The van der Waals surface area contributed by atoms with Crippen LogP contribution in [-0.4, -0.2) is 38.8 Å². The van der Waals surface area contributed by atoms with Gasteiger partial charge in [0.1, 0.15) is 16.5 Å². The zero-order valence-electron chi connectivity index (χ0n) is 17.0. The molecule has 1 saturated heterocycles. The van der Waals surface area contributed by atoms with Crippen molar-refractivity contribution in [2.45, 2.75) is 45.6 Å². The molecule has 3 aromatic heterocycles. The molecule has 1 aliphatic carbocycles. The highest BCUT2D eigenvalue weighted by Crippen LogP contribution is 2.34. The third-order valence-electron chi connectivity index (χ3n) is 6.12. The van der Waals surface area contributed by atoms with Crippen LogP contribution in [-0.2, 0) is 24.2 Å². The summed E-state index contributed by atoms with van der Waals surface area (Å²) in [5, 5.41) is 3.72. The highest BCUT2D eigenvalue weighted by molar-refractivity contribution is 7.18. The number of aryl methyl sites for hydroxylation is 3. The molecule has 2 N–H and O–H groups in total. The van der Waals surface area contributed by atoms with Crippen LogP contribution in [0.4, 0.5) is 5.82 Å². The highest BCUT2D eigenvalue weighted by Gasteiger charge is 2.26. The molecule has 1 fully saturated rings. The van der Waals surface area contributed by atoms with E-state index in [0.29, 0.717) is 12.4 Å². The molecule has 0 atom stereocenters. The normalized spacial score (nSPS) is 17.4. The molecule has 8 heteroatoms. The minimum Gasteiger partial charge on any atom is -0.310 e. The summed E-state index contributed by atoms with van der Waals surface area (Å²) in [6, 6.07) is 3.78. The van der Waals surface area contributed by atoms with Gasteiger partial charge in [-0.2, -0.15) is 0 Å². The van der Waals surface area contributed by atoms with Gasteiger partial charge in [0.25, 0.3) is 5.56 Å². The van der Waals surface area contributed by atoms with Crippen molar-refractivity contribution < 1.29 is 4.79 Å². The lowest BCUT2D eigenvalue weighted by Crippen LogP contribution is -2.38. The van der Waals surface area contributed by atoms with Gasteiger partial charge < -0.3 is 10.3 Å². The van der Waals surface area contributed by atoms with Crippen molar-refractivity contribution in [2.24, 2.45) is 5.92 Å². The number of H-pyrrole nitrogens is 1. The predicted octanol–water partition coefficient (Wildman–Crippen LogP) is 3.03. The minimum atomic E-state index is -0.0147. The molecule has 0 spiro atoms. The maximum atomic E-state index is 12.6. The third-order valence-corrected chi connectivity index (χ3v) is 7.30. The van der Waals surface area contributed by atoms with E-state index in [1.807, 2.05) is 19.1 Å². The van der Waals surface area contributed by atoms with Gasteiger partial charge in [0, 0.05) is 17.0 Å². The smallest absolute Gasteiger partial charge is 0.259 e. The number of piperidine rings is 1. The molecule has 7 nitrogen and oxygen atoms in total. The van der Waals surface area contributed by atoms with E-state index < -0.39 is 0 Å². The van der Waals surface area contributed by atoms with Gasteiger partial charge in [-0.15, -0.1) is 11.3 Å². The van der Waals surface area contributed by atoms with Gasteiger partial charge in [0.05, 0.1) is 11.9 Å². The molecule has 5 rings (SSSR count). The van der Waals surface area contributed by atoms with Crippen molar-refractivity contribution in [2.75, 3.05) is 18.4 Å². The first-order valence-corrected chi connectivity index (χ1v) is 11.4. The lowest BCUT2D eigenvalue weighted by molar-refractivity contribution is -0.121. The van der Waals surface area contributed by atoms with Crippen LogP contribution in [0.1, 0.15) is 41.1 Å². The quantitative estimate of drug-likeness (QED) is 0.673. The van der Waals surface area contributed by atoms with Crippen LogP contribution in [0, 0.1) is 12.8 Å².